The first kappa shape index (κ1) is 17.5. The lowest BCUT2D eigenvalue weighted by Crippen LogP contribution is -2.54. The summed E-state index contributed by atoms with van der Waals surface area (Å²) in [7, 11) is 0. The fourth-order valence-corrected chi connectivity index (χ4v) is 3.62. The number of hydrogen-bond donors (Lipinski definition) is 1. The van der Waals surface area contributed by atoms with Crippen molar-refractivity contribution in [3.05, 3.63) is 59.8 Å². The summed E-state index contributed by atoms with van der Waals surface area (Å²) >= 11 is 0. The van der Waals surface area contributed by atoms with Crippen LogP contribution in [0.15, 0.2) is 48.5 Å². The SMILES string of the molecule is Cc1ccc2c(NC(=O)C3CN(C(=O)c4ccc5c(c4)OCO5)C3)cccc2n1. The van der Waals surface area contributed by atoms with Gasteiger partial charge < -0.3 is 19.7 Å². The van der Waals surface area contributed by atoms with Crippen LogP contribution in [0.1, 0.15) is 16.1 Å². The van der Waals surface area contributed by atoms with Crippen LogP contribution in [0.5, 0.6) is 11.5 Å². The number of aromatic nitrogens is 1. The Balaban J connectivity index is 1.24. The molecule has 0 spiro atoms. The predicted octanol–water partition coefficient (Wildman–Crippen LogP) is 2.98. The van der Waals surface area contributed by atoms with Gasteiger partial charge in [0.15, 0.2) is 11.5 Å². The molecular formula is C22H19N3O4. The molecule has 1 aromatic heterocycles. The minimum Gasteiger partial charge on any atom is -0.454 e. The predicted molar refractivity (Wildman–Crippen MR) is 107 cm³/mol. The van der Waals surface area contributed by atoms with Gasteiger partial charge in [0.2, 0.25) is 12.7 Å². The topological polar surface area (TPSA) is 80.8 Å². The number of carbonyl (C=O) groups is 2. The molecule has 0 unspecified atom stereocenters. The van der Waals surface area contributed by atoms with Crippen LogP contribution in [0, 0.1) is 12.8 Å². The second-order valence-corrected chi connectivity index (χ2v) is 7.29. The molecule has 0 saturated carbocycles. The lowest BCUT2D eigenvalue weighted by molar-refractivity contribution is -0.123. The molecule has 1 saturated heterocycles. The maximum absolute atomic E-state index is 12.7. The summed E-state index contributed by atoms with van der Waals surface area (Å²) < 4.78 is 10.6. The van der Waals surface area contributed by atoms with E-state index in [1.54, 1.807) is 23.1 Å². The molecule has 2 amide bonds. The number of carbonyl (C=O) groups excluding carboxylic acids is 2. The molecule has 3 heterocycles. The highest BCUT2D eigenvalue weighted by molar-refractivity contribution is 6.03. The zero-order chi connectivity index (χ0) is 20.0. The van der Waals surface area contributed by atoms with Gasteiger partial charge in [-0.15, -0.1) is 0 Å². The fourth-order valence-electron chi connectivity index (χ4n) is 3.62. The van der Waals surface area contributed by atoms with E-state index < -0.39 is 0 Å². The average molecular weight is 389 g/mol. The lowest BCUT2D eigenvalue weighted by atomic mass is 9.97. The highest BCUT2D eigenvalue weighted by Crippen LogP contribution is 2.33. The number of ether oxygens (including phenoxy) is 2. The molecule has 7 heteroatoms. The van der Waals surface area contributed by atoms with Gasteiger partial charge in [-0.1, -0.05) is 6.07 Å². The standard InChI is InChI=1S/C22H19N3O4/c1-13-5-7-16-17(23-13)3-2-4-18(16)24-21(26)15-10-25(11-15)22(27)14-6-8-19-20(9-14)29-12-28-19/h2-9,15H,10-12H2,1H3,(H,24,26). The average Bonchev–Trinajstić information content (AvgIpc) is 3.14. The number of likely N-dealkylation sites (tertiary alicyclic amines) is 1. The number of anilines is 1. The number of pyridine rings is 1. The highest BCUT2D eigenvalue weighted by atomic mass is 16.7. The van der Waals surface area contributed by atoms with Gasteiger partial charge in [0, 0.05) is 29.7 Å². The normalized spacial score (nSPS) is 15.3. The van der Waals surface area contributed by atoms with Crippen LogP contribution in [0.25, 0.3) is 10.9 Å². The van der Waals surface area contributed by atoms with E-state index in [4.69, 9.17) is 9.47 Å². The van der Waals surface area contributed by atoms with Crippen molar-refractivity contribution in [2.75, 3.05) is 25.2 Å². The van der Waals surface area contributed by atoms with Crippen LogP contribution in [-0.2, 0) is 4.79 Å². The maximum atomic E-state index is 12.7. The van der Waals surface area contributed by atoms with Crippen LogP contribution in [0.4, 0.5) is 5.69 Å². The third-order valence-electron chi connectivity index (χ3n) is 5.29. The zero-order valence-electron chi connectivity index (χ0n) is 15.8. The summed E-state index contributed by atoms with van der Waals surface area (Å²) in [5, 5.41) is 3.89. The summed E-state index contributed by atoms with van der Waals surface area (Å²) in [6.45, 7) is 2.88. The smallest absolute Gasteiger partial charge is 0.254 e. The third-order valence-corrected chi connectivity index (χ3v) is 5.29. The van der Waals surface area contributed by atoms with Crippen molar-refractivity contribution in [1.82, 2.24) is 9.88 Å². The van der Waals surface area contributed by atoms with Crippen molar-refractivity contribution < 1.29 is 19.1 Å². The molecule has 29 heavy (non-hydrogen) atoms. The highest BCUT2D eigenvalue weighted by Gasteiger charge is 2.36. The summed E-state index contributed by atoms with van der Waals surface area (Å²) in [6, 6.07) is 14.7. The minimum absolute atomic E-state index is 0.0900. The number of benzene rings is 2. The van der Waals surface area contributed by atoms with Gasteiger partial charge in [-0.3, -0.25) is 14.6 Å². The van der Waals surface area contributed by atoms with E-state index in [0.717, 1.165) is 22.3 Å². The molecule has 146 valence electrons. The first-order valence-electron chi connectivity index (χ1n) is 9.45. The number of hydrogen-bond acceptors (Lipinski definition) is 5. The first-order chi connectivity index (χ1) is 14.1. The van der Waals surface area contributed by atoms with Gasteiger partial charge >= 0.3 is 0 Å². The van der Waals surface area contributed by atoms with Gasteiger partial charge in [0.05, 0.1) is 17.1 Å². The van der Waals surface area contributed by atoms with Gasteiger partial charge in [-0.2, -0.15) is 0 Å². The van der Waals surface area contributed by atoms with Crippen molar-refractivity contribution in [1.29, 1.82) is 0 Å². The van der Waals surface area contributed by atoms with E-state index in [-0.39, 0.29) is 24.5 Å². The van der Waals surface area contributed by atoms with E-state index in [2.05, 4.69) is 10.3 Å². The van der Waals surface area contributed by atoms with Crippen LogP contribution < -0.4 is 14.8 Å². The minimum atomic E-state index is -0.235. The second-order valence-electron chi connectivity index (χ2n) is 7.29. The molecule has 1 N–H and O–H groups in total. The van der Waals surface area contributed by atoms with Crippen LogP contribution in [0.3, 0.4) is 0 Å². The van der Waals surface area contributed by atoms with Crippen LogP contribution in [0.2, 0.25) is 0 Å². The Morgan fingerprint density at radius 3 is 2.76 bits per heavy atom. The van der Waals surface area contributed by atoms with Crippen molar-refractivity contribution in [2.45, 2.75) is 6.92 Å². The largest absolute Gasteiger partial charge is 0.454 e. The van der Waals surface area contributed by atoms with Crippen molar-refractivity contribution in [2.24, 2.45) is 5.92 Å². The number of fused-ring (bicyclic) bond motifs is 2. The Bertz CT molecular complexity index is 1140. The van der Waals surface area contributed by atoms with Gasteiger partial charge in [0.1, 0.15) is 0 Å². The summed E-state index contributed by atoms with van der Waals surface area (Å²) in [5.74, 6) is 0.777. The number of nitrogens with zero attached hydrogens (tertiary/aromatic N) is 2. The zero-order valence-corrected chi connectivity index (χ0v) is 15.8. The van der Waals surface area contributed by atoms with Crippen molar-refractivity contribution in [3.8, 4) is 11.5 Å². The Labute approximate surface area is 167 Å². The molecule has 0 bridgehead atoms. The Morgan fingerprint density at radius 1 is 1.07 bits per heavy atom. The Hall–Kier alpha value is -3.61. The van der Waals surface area contributed by atoms with E-state index in [9.17, 15) is 9.59 Å². The van der Waals surface area contributed by atoms with Crippen LogP contribution >= 0.6 is 0 Å². The maximum Gasteiger partial charge on any atom is 0.254 e. The summed E-state index contributed by atoms with van der Waals surface area (Å²) in [6.07, 6.45) is 0. The van der Waals surface area contributed by atoms with Gasteiger partial charge in [-0.25, -0.2) is 0 Å². The van der Waals surface area contributed by atoms with E-state index in [1.165, 1.54) is 0 Å². The lowest BCUT2D eigenvalue weighted by Gasteiger charge is -2.38. The molecular weight excluding hydrogens is 370 g/mol. The molecule has 3 aromatic rings. The second kappa shape index (κ2) is 6.77. The quantitative estimate of drug-likeness (QED) is 0.745. The summed E-state index contributed by atoms with van der Waals surface area (Å²) in [5.41, 5.74) is 3.04. The van der Waals surface area contributed by atoms with Crippen molar-refractivity contribution >= 4 is 28.4 Å². The Morgan fingerprint density at radius 2 is 1.90 bits per heavy atom. The van der Waals surface area contributed by atoms with Crippen molar-refractivity contribution in [3.63, 3.8) is 0 Å². The van der Waals surface area contributed by atoms with Gasteiger partial charge in [-0.05, 0) is 49.4 Å². The number of rotatable bonds is 3. The molecule has 0 aliphatic carbocycles. The molecule has 0 atom stereocenters. The van der Waals surface area contributed by atoms with Crippen LogP contribution in [-0.4, -0.2) is 41.6 Å². The van der Waals surface area contributed by atoms with Gasteiger partial charge in [0.25, 0.3) is 5.91 Å². The molecule has 5 rings (SSSR count). The molecule has 2 aliphatic heterocycles. The monoisotopic (exact) mass is 389 g/mol. The van der Waals surface area contributed by atoms with E-state index >= 15 is 0 Å². The number of nitrogens with one attached hydrogen (secondary N) is 1. The molecule has 1 fully saturated rings. The number of amides is 2. The Kier molecular flexibility index (Phi) is 4.08. The van der Waals surface area contributed by atoms with E-state index in [1.807, 2.05) is 37.3 Å². The van der Waals surface area contributed by atoms with E-state index in [0.29, 0.717) is 30.2 Å². The number of aryl methyl sites for hydroxylation is 1. The molecule has 0 radical (unpaired) electrons. The molecule has 2 aliphatic rings. The fraction of sp³-hybridized carbons (Fsp3) is 0.227. The molecule has 7 nitrogen and oxygen atoms in total. The first-order valence-corrected chi connectivity index (χ1v) is 9.45. The molecule has 2 aromatic carbocycles. The third kappa shape index (κ3) is 3.14. The summed E-state index contributed by atoms with van der Waals surface area (Å²) in [4.78, 5) is 31.5.